The molecule has 0 saturated carbocycles. The zero-order valence-corrected chi connectivity index (χ0v) is 17.6. The molecule has 0 fully saturated rings. The number of hydrogen-bond acceptors (Lipinski definition) is 5. The zero-order valence-electron chi connectivity index (χ0n) is 17.6. The Morgan fingerprint density at radius 1 is 1.26 bits per heavy atom. The van der Waals surface area contributed by atoms with Crippen LogP contribution in [0.4, 0.5) is 5.69 Å². The summed E-state index contributed by atoms with van der Waals surface area (Å²) in [6.07, 6.45) is 6.60. The molecule has 1 unspecified atom stereocenters. The van der Waals surface area contributed by atoms with Crippen molar-refractivity contribution in [2.24, 2.45) is 5.92 Å². The number of ether oxygens (including phenoxy) is 1. The fraction of sp³-hybridized carbons (Fsp3) is 0.304. The summed E-state index contributed by atoms with van der Waals surface area (Å²) < 4.78 is 7.73. The summed E-state index contributed by atoms with van der Waals surface area (Å²) in [4.78, 5) is 28.2. The first-order valence-electron chi connectivity index (χ1n) is 10.3. The molecule has 8 heteroatoms. The predicted octanol–water partition coefficient (Wildman–Crippen LogP) is 3.33. The molecule has 3 heterocycles. The molecule has 3 aromatic rings. The molecule has 4 rings (SSSR count). The van der Waals surface area contributed by atoms with E-state index < -0.39 is 0 Å². The normalized spacial score (nSPS) is 15.1. The molecular formula is C23H25N5O3. The number of fused-ring (bicyclic) bond motifs is 1. The van der Waals surface area contributed by atoms with Gasteiger partial charge in [-0.25, -0.2) is 0 Å². The summed E-state index contributed by atoms with van der Waals surface area (Å²) in [5.74, 6) is 1.42. The van der Waals surface area contributed by atoms with Crippen LogP contribution in [0.25, 0.3) is 0 Å². The van der Waals surface area contributed by atoms with Gasteiger partial charge in [0.25, 0.3) is 5.91 Å². The second kappa shape index (κ2) is 8.99. The van der Waals surface area contributed by atoms with E-state index in [1.165, 1.54) is 6.92 Å². The van der Waals surface area contributed by atoms with Crippen LogP contribution in [0.3, 0.4) is 0 Å². The number of nitrogens with one attached hydrogen (secondary N) is 2. The van der Waals surface area contributed by atoms with Crippen LogP contribution in [0.2, 0.25) is 0 Å². The van der Waals surface area contributed by atoms with Crippen LogP contribution in [0, 0.1) is 12.8 Å². The van der Waals surface area contributed by atoms with E-state index in [1.807, 2.05) is 41.9 Å². The molecule has 160 valence electrons. The van der Waals surface area contributed by atoms with Crippen molar-refractivity contribution in [3.05, 3.63) is 65.7 Å². The monoisotopic (exact) mass is 419 g/mol. The van der Waals surface area contributed by atoms with E-state index in [-0.39, 0.29) is 11.8 Å². The molecule has 2 amide bonds. The quantitative estimate of drug-likeness (QED) is 0.639. The average Bonchev–Trinajstić information content (AvgIpc) is 3.18. The number of amides is 2. The van der Waals surface area contributed by atoms with Gasteiger partial charge in [0, 0.05) is 31.9 Å². The van der Waals surface area contributed by atoms with Crippen molar-refractivity contribution >= 4 is 17.5 Å². The molecule has 1 aliphatic heterocycles. The van der Waals surface area contributed by atoms with Gasteiger partial charge in [0.2, 0.25) is 5.91 Å². The van der Waals surface area contributed by atoms with Gasteiger partial charge in [0.05, 0.1) is 23.7 Å². The lowest BCUT2D eigenvalue weighted by atomic mass is 9.94. The number of rotatable bonds is 6. The number of nitrogens with zero attached hydrogens (tertiary/aromatic N) is 3. The maximum Gasteiger partial charge on any atom is 0.259 e. The van der Waals surface area contributed by atoms with Crippen LogP contribution >= 0.6 is 0 Å². The number of hydrogen-bond donors (Lipinski definition) is 2. The van der Waals surface area contributed by atoms with Gasteiger partial charge < -0.3 is 15.4 Å². The van der Waals surface area contributed by atoms with Crippen LogP contribution in [0.15, 0.2) is 48.9 Å². The van der Waals surface area contributed by atoms with Gasteiger partial charge in [0.15, 0.2) is 0 Å². The summed E-state index contributed by atoms with van der Waals surface area (Å²) in [6.45, 7) is 4.79. The van der Waals surface area contributed by atoms with Crippen molar-refractivity contribution in [1.29, 1.82) is 0 Å². The Morgan fingerprint density at radius 3 is 2.87 bits per heavy atom. The van der Waals surface area contributed by atoms with Crippen molar-refractivity contribution in [2.45, 2.75) is 33.2 Å². The molecule has 1 aromatic carbocycles. The van der Waals surface area contributed by atoms with Crippen LogP contribution in [0.1, 0.15) is 35.0 Å². The lowest BCUT2D eigenvalue weighted by Crippen LogP contribution is -2.32. The number of aromatic nitrogens is 3. The van der Waals surface area contributed by atoms with E-state index in [0.717, 1.165) is 24.2 Å². The summed E-state index contributed by atoms with van der Waals surface area (Å²) in [7, 11) is 0. The molecule has 1 aliphatic rings. The highest BCUT2D eigenvalue weighted by Crippen LogP contribution is 2.28. The lowest BCUT2D eigenvalue weighted by Gasteiger charge is -2.24. The first-order chi connectivity index (χ1) is 15.0. The van der Waals surface area contributed by atoms with E-state index in [0.29, 0.717) is 41.6 Å². The van der Waals surface area contributed by atoms with Crippen molar-refractivity contribution in [3.8, 4) is 11.5 Å². The first-order valence-corrected chi connectivity index (χ1v) is 10.3. The SMILES string of the molecule is CC(=O)NCC1CCn2ncc(C(=O)Nc3ccc(Oc4cccnc4)c(C)c3)c2C1. The predicted molar refractivity (Wildman–Crippen MR) is 116 cm³/mol. The van der Waals surface area contributed by atoms with E-state index in [1.54, 1.807) is 18.6 Å². The Balaban J connectivity index is 1.44. The van der Waals surface area contributed by atoms with Crippen LogP contribution in [0.5, 0.6) is 11.5 Å². The molecule has 31 heavy (non-hydrogen) atoms. The minimum Gasteiger partial charge on any atom is -0.455 e. The number of aryl methyl sites for hydroxylation is 2. The molecule has 2 N–H and O–H groups in total. The Bertz CT molecular complexity index is 1090. The Morgan fingerprint density at radius 2 is 2.13 bits per heavy atom. The molecule has 2 aromatic heterocycles. The molecule has 0 spiro atoms. The van der Waals surface area contributed by atoms with E-state index >= 15 is 0 Å². The largest absolute Gasteiger partial charge is 0.455 e. The smallest absolute Gasteiger partial charge is 0.259 e. The third-order valence-electron chi connectivity index (χ3n) is 5.36. The number of anilines is 1. The van der Waals surface area contributed by atoms with Gasteiger partial charge in [-0.2, -0.15) is 5.10 Å². The van der Waals surface area contributed by atoms with Gasteiger partial charge in [-0.05, 0) is 61.6 Å². The number of carbonyl (C=O) groups excluding carboxylic acids is 2. The summed E-state index contributed by atoms with van der Waals surface area (Å²) in [6, 6.07) is 9.16. The van der Waals surface area contributed by atoms with Gasteiger partial charge in [-0.15, -0.1) is 0 Å². The van der Waals surface area contributed by atoms with Crippen molar-refractivity contribution in [3.63, 3.8) is 0 Å². The standard InChI is InChI=1S/C23H25N5O3/c1-15-10-18(5-6-22(15)31-19-4-3-8-24-13-19)27-23(30)20-14-26-28-9-7-17(11-21(20)28)12-25-16(2)29/h3-6,8,10,13-14,17H,7,9,11-12H2,1-2H3,(H,25,29)(H,27,30). The molecule has 0 aliphatic carbocycles. The van der Waals surface area contributed by atoms with Crippen LogP contribution in [-0.4, -0.2) is 33.1 Å². The van der Waals surface area contributed by atoms with Crippen molar-refractivity contribution in [2.75, 3.05) is 11.9 Å². The highest BCUT2D eigenvalue weighted by atomic mass is 16.5. The molecule has 8 nitrogen and oxygen atoms in total. The average molecular weight is 419 g/mol. The lowest BCUT2D eigenvalue weighted by molar-refractivity contribution is -0.119. The summed E-state index contributed by atoms with van der Waals surface area (Å²) in [5.41, 5.74) is 3.06. The van der Waals surface area contributed by atoms with Gasteiger partial charge in [-0.3, -0.25) is 19.3 Å². The first kappa shape index (κ1) is 20.6. The molecule has 1 atom stereocenters. The highest BCUT2D eigenvalue weighted by Gasteiger charge is 2.25. The second-order valence-corrected chi connectivity index (χ2v) is 7.75. The fourth-order valence-corrected chi connectivity index (χ4v) is 3.73. The van der Waals surface area contributed by atoms with Gasteiger partial charge >= 0.3 is 0 Å². The minimum atomic E-state index is -0.193. The third kappa shape index (κ3) is 4.91. The fourth-order valence-electron chi connectivity index (χ4n) is 3.73. The van der Waals surface area contributed by atoms with E-state index in [9.17, 15) is 9.59 Å². The maximum absolute atomic E-state index is 12.9. The molecular weight excluding hydrogens is 394 g/mol. The maximum atomic E-state index is 12.9. The van der Waals surface area contributed by atoms with Crippen molar-refractivity contribution in [1.82, 2.24) is 20.1 Å². The second-order valence-electron chi connectivity index (χ2n) is 7.75. The molecule has 0 saturated heterocycles. The van der Waals surface area contributed by atoms with Gasteiger partial charge in [-0.1, -0.05) is 0 Å². The van der Waals surface area contributed by atoms with E-state index in [4.69, 9.17) is 4.74 Å². The molecule has 0 bridgehead atoms. The number of benzene rings is 1. The highest BCUT2D eigenvalue weighted by molar-refractivity contribution is 6.05. The summed E-state index contributed by atoms with van der Waals surface area (Å²) in [5, 5.41) is 10.2. The summed E-state index contributed by atoms with van der Waals surface area (Å²) >= 11 is 0. The minimum absolute atomic E-state index is 0.0385. The number of pyridine rings is 1. The molecule has 0 radical (unpaired) electrons. The Labute approximate surface area is 180 Å². The van der Waals surface area contributed by atoms with Crippen molar-refractivity contribution < 1.29 is 14.3 Å². The third-order valence-corrected chi connectivity index (χ3v) is 5.36. The topological polar surface area (TPSA) is 98.1 Å². The number of carbonyl (C=O) groups is 2. The zero-order chi connectivity index (χ0) is 21.8. The van der Waals surface area contributed by atoms with Crippen LogP contribution in [-0.2, 0) is 17.8 Å². The van der Waals surface area contributed by atoms with E-state index in [2.05, 4.69) is 20.7 Å². The van der Waals surface area contributed by atoms with Crippen LogP contribution < -0.4 is 15.4 Å². The Hall–Kier alpha value is -3.68. The Kier molecular flexibility index (Phi) is 5.97. The van der Waals surface area contributed by atoms with Gasteiger partial charge in [0.1, 0.15) is 11.5 Å².